The monoisotopic (exact) mass is 251 g/mol. The number of carbonyl (C=O) groups is 1. The Morgan fingerprint density at radius 2 is 2.28 bits per heavy atom. The van der Waals surface area contributed by atoms with Crippen molar-refractivity contribution in [2.24, 2.45) is 12.5 Å². The molecule has 1 aromatic rings. The van der Waals surface area contributed by atoms with Gasteiger partial charge >= 0.3 is 0 Å². The third kappa shape index (κ3) is 2.72. The summed E-state index contributed by atoms with van der Waals surface area (Å²) in [6.45, 7) is 1.41. The van der Waals surface area contributed by atoms with Crippen LogP contribution in [0.3, 0.4) is 0 Å². The van der Waals surface area contributed by atoms with Crippen LogP contribution in [0, 0.1) is 5.41 Å². The molecule has 0 spiro atoms. The molecule has 2 rings (SSSR count). The van der Waals surface area contributed by atoms with Crippen molar-refractivity contribution in [3.8, 4) is 0 Å². The van der Waals surface area contributed by atoms with E-state index in [0.717, 1.165) is 19.4 Å². The molecule has 1 aromatic heterocycles. The van der Waals surface area contributed by atoms with Gasteiger partial charge in [0, 0.05) is 26.1 Å². The first-order valence-corrected chi connectivity index (χ1v) is 6.40. The first-order chi connectivity index (χ1) is 8.67. The summed E-state index contributed by atoms with van der Waals surface area (Å²) in [6, 6.07) is 0. The van der Waals surface area contributed by atoms with Crippen molar-refractivity contribution in [3.63, 3.8) is 0 Å². The van der Waals surface area contributed by atoms with Gasteiger partial charge in [-0.1, -0.05) is 12.8 Å². The molecule has 0 saturated heterocycles. The molecule has 1 saturated carbocycles. The van der Waals surface area contributed by atoms with Crippen LogP contribution in [-0.2, 0) is 11.8 Å². The van der Waals surface area contributed by atoms with Gasteiger partial charge in [0.25, 0.3) is 5.91 Å². The molecule has 0 aromatic carbocycles. The van der Waals surface area contributed by atoms with Gasteiger partial charge in [-0.15, -0.1) is 0 Å². The van der Waals surface area contributed by atoms with Crippen LogP contribution < -0.4 is 5.32 Å². The molecule has 0 unspecified atom stereocenters. The summed E-state index contributed by atoms with van der Waals surface area (Å²) in [7, 11) is 3.55. The molecule has 5 heteroatoms. The van der Waals surface area contributed by atoms with Gasteiger partial charge in [0.2, 0.25) is 0 Å². The number of aromatic nitrogens is 2. The Labute approximate surface area is 108 Å². The summed E-state index contributed by atoms with van der Waals surface area (Å²) in [4.78, 5) is 16.0. The SMILES string of the molecule is COCC1(CNC(=O)c2cncn2C)CCCC1. The molecule has 0 atom stereocenters. The lowest BCUT2D eigenvalue weighted by atomic mass is 9.87. The second kappa shape index (κ2) is 5.52. The largest absolute Gasteiger partial charge is 0.384 e. The number of ether oxygens (including phenoxy) is 1. The second-order valence-corrected chi connectivity index (χ2v) is 5.21. The maximum atomic E-state index is 12.0. The lowest BCUT2D eigenvalue weighted by Gasteiger charge is -2.28. The van der Waals surface area contributed by atoms with Crippen LogP contribution in [0.5, 0.6) is 0 Å². The number of hydrogen-bond acceptors (Lipinski definition) is 3. The molecule has 1 fully saturated rings. The van der Waals surface area contributed by atoms with E-state index in [2.05, 4.69) is 10.3 Å². The number of hydrogen-bond donors (Lipinski definition) is 1. The quantitative estimate of drug-likeness (QED) is 0.859. The average Bonchev–Trinajstić information content (AvgIpc) is 2.97. The zero-order valence-corrected chi connectivity index (χ0v) is 11.1. The summed E-state index contributed by atoms with van der Waals surface area (Å²) in [6.07, 6.45) is 7.94. The molecule has 1 heterocycles. The molecule has 0 radical (unpaired) electrons. The van der Waals surface area contributed by atoms with Crippen LogP contribution in [0.4, 0.5) is 0 Å². The minimum Gasteiger partial charge on any atom is -0.384 e. The minimum absolute atomic E-state index is 0.0580. The van der Waals surface area contributed by atoms with Gasteiger partial charge in [-0.05, 0) is 12.8 Å². The Bertz CT molecular complexity index is 408. The summed E-state index contributed by atoms with van der Waals surface area (Å²) in [5, 5.41) is 3.01. The van der Waals surface area contributed by atoms with Crippen molar-refractivity contribution in [2.75, 3.05) is 20.3 Å². The third-order valence-corrected chi connectivity index (χ3v) is 3.79. The van der Waals surface area contributed by atoms with E-state index in [9.17, 15) is 4.79 Å². The Hall–Kier alpha value is -1.36. The highest BCUT2D eigenvalue weighted by atomic mass is 16.5. The van der Waals surface area contributed by atoms with E-state index in [1.165, 1.54) is 12.8 Å². The maximum absolute atomic E-state index is 12.0. The Morgan fingerprint density at radius 1 is 1.56 bits per heavy atom. The summed E-state index contributed by atoms with van der Waals surface area (Å²) in [5.74, 6) is -0.0580. The first-order valence-electron chi connectivity index (χ1n) is 6.40. The van der Waals surface area contributed by atoms with Gasteiger partial charge in [-0.3, -0.25) is 4.79 Å². The highest BCUT2D eigenvalue weighted by Crippen LogP contribution is 2.37. The summed E-state index contributed by atoms with van der Waals surface area (Å²) >= 11 is 0. The van der Waals surface area contributed by atoms with Crippen LogP contribution in [0.15, 0.2) is 12.5 Å². The van der Waals surface area contributed by atoms with Gasteiger partial charge in [0.1, 0.15) is 5.69 Å². The molecule has 100 valence electrons. The molecule has 1 amide bonds. The highest BCUT2D eigenvalue weighted by Gasteiger charge is 2.34. The van der Waals surface area contributed by atoms with E-state index < -0.39 is 0 Å². The molecule has 5 nitrogen and oxygen atoms in total. The predicted octanol–water partition coefficient (Wildman–Crippen LogP) is 1.36. The number of nitrogens with one attached hydrogen (secondary N) is 1. The van der Waals surface area contributed by atoms with Crippen molar-refractivity contribution >= 4 is 5.91 Å². The second-order valence-electron chi connectivity index (χ2n) is 5.21. The zero-order valence-electron chi connectivity index (χ0n) is 11.1. The molecule has 18 heavy (non-hydrogen) atoms. The van der Waals surface area contributed by atoms with Crippen molar-refractivity contribution in [2.45, 2.75) is 25.7 Å². The number of rotatable bonds is 5. The standard InChI is InChI=1S/C13H21N3O2/c1-16-10-14-7-11(16)12(17)15-8-13(9-18-2)5-3-4-6-13/h7,10H,3-6,8-9H2,1-2H3,(H,15,17). The zero-order chi connectivity index (χ0) is 13.0. The van der Waals surface area contributed by atoms with E-state index >= 15 is 0 Å². The van der Waals surface area contributed by atoms with E-state index in [-0.39, 0.29) is 11.3 Å². The maximum Gasteiger partial charge on any atom is 0.269 e. The number of amides is 1. The van der Waals surface area contributed by atoms with Gasteiger partial charge < -0.3 is 14.6 Å². The molecule has 1 aliphatic carbocycles. The van der Waals surface area contributed by atoms with Gasteiger partial charge in [0.05, 0.1) is 19.1 Å². The van der Waals surface area contributed by atoms with Gasteiger partial charge in [-0.25, -0.2) is 4.98 Å². The number of imidazole rings is 1. The van der Waals surface area contributed by atoms with Crippen LogP contribution in [-0.4, -0.2) is 35.7 Å². The highest BCUT2D eigenvalue weighted by molar-refractivity contribution is 5.92. The molecule has 0 bridgehead atoms. The van der Waals surface area contributed by atoms with Crippen LogP contribution >= 0.6 is 0 Å². The van der Waals surface area contributed by atoms with E-state index in [4.69, 9.17) is 4.74 Å². The average molecular weight is 251 g/mol. The summed E-state index contributed by atoms with van der Waals surface area (Å²) < 4.78 is 7.04. The first kappa shape index (κ1) is 13.1. The van der Waals surface area contributed by atoms with Crippen molar-refractivity contribution in [1.82, 2.24) is 14.9 Å². The third-order valence-electron chi connectivity index (χ3n) is 3.79. The summed E-state index contributed by atoms with van der Waals surface area (Å²) in [5.41, 5.74) is 0.726. The molecule has 1 N–H and O–H groups in total. The molecular formula is C13H21N3O2. The molecule has 1 aliphatic rings. The fourth-order valence-corrected chi connectivity index (χ4v) is 2.74. The van der Waals surface area contributed by atoms with E-state index in [0.29, 0.717) is 12.2 Å². The van der Waals surface area contributed by atoms with E-state index in [1.54, 1.807) is 24.2 Å². The van der Waals surface area contributed by atoms with Crippen molar-refractivity contribution in [1.29, 1.82) is 0 Å². The van der Waals surface area contributed by atoms with Crippen LogP contribution in [0.25, 0.3) is 0 Å². The minimum atomic E-state index is -0.0580. The van der Waals surface area contributed by atoms with Gasteiger partial charge in [0.15, 0.2) is 0 Å². The fourth-order valence-electron chi connectivity index (χ4n) is 2.74. The number of nitrogens with zero attached hydrogens (tertiary/aromatic N) is 2. The van der Waals surface area contributed by atoms with Gasteiger partial charge in [-0.2, -0.15) is 0 Å². The lowest BCUT2D eigenvalue weighted by molar-refractivity contribution is 0.0737. The Kier molecular flexibility index (Phi) is 4.01. The topological polar surface area (TPSA) is 56.1 Å². The smallest absolute Gasteiger partial charge is 0.269 e. The van der Waals surface area contributed by atoms with Crippen LogP contribution in [0.1, 0.15) is 36.2 Å². The Balaban J connectivity index is 1.94. The normalized spacial score (nSPS) is 17.9. The van der Waals surface area contributed by atoms with E-state index in [1.807, 2.05) is 7.05 Å². The lowest BCUT2D eigenvalue weighted by Crippen LogP contribution is -2.39. The van der Waals surface area contributed by atoms with Crippen LogP contribution in [0.2, 0.25) is 0 Å². The fraction of sp³-hybridized carbons (Fsp3) is 0.692. The van der Waals surface area contributed by atoms with Crippen molar-refractivity contribution < 1.29 is 9.53 Å². The Morgan fingerprint density at radius 3 is 2.83 bits per heavy atom. The number of methoxy groups -OCH3 is 1. The van der Waals surface area contributed by atoms with Crippen molar-refractivity contribution in [3.05, 3.63) is 18.2 Å². The predicted molar refractivity (Wildman–Crippen MR) is 68.3 cm³/mol. The molecule has 0 aliphatic heterocycles. The number of carbonyl (C=O) groups excluding carboxylic acids is 1. The molecular weight excluding hydrogens is 230 g/mol. The number of aryl methyl sites for hydroxylation is 1.